The predicted molar refractivity (Wildman–Crippen MR) is 86.8 cm³/mol. The topological polar surface area (TPSA) is 60.2 Å². The Morgan fingerprint density at radius 1 is 0.905 bits per heavy atom. The number of fused-ring (bicyclic) bond motifs is 3. The molecule has 1 aliphatic rings. The number of primary amides is 1. The number of benzene rings is 2. The third-order valence-electron chi connectivity index (χ3n) is 3.97. The fraction of sp³-hybridized carbons (Fsp3) is 0.176. The molecule has 0 bridgehead atoms. The minimum atomic E-state index is -2.21. The van der Waals surface area contributed by atoms with Crippen LogP contribution >= 0.6 is 0 Å². The molecular formula is C17H17NO2Sn. The summed E-state index contributed by atoms with van der Waals surface area (Å²) in [5.41, 5.74) is 8.97. The molecule has 0 saturated heterocycles. The van der Waals surface area contributed by atoms with Gasteiger partial charge in [0.2, 0.25) is 0 Å². The van der Waals surface area contributed by atoms with Gasteiger partial charge in [0.1, 0.15) is 0 Å². The molecule has 3 rings (SSSR count). The Labute approximate surface area is 128 Å². The molecule has 106 valence electrons. The Hall–Kier alpha value is -1.62. The molecule has 0 heterocycles. The number of hydrogen-bond acceptors (Lipinski definition) is 2. The molecule has 0 saturated carbocycles. The first-order chi connectivity index (χ1) is 9.79. The van der Waals surface area contributed by atoms with Crippen LogP contribution in [0, 0.1) is 0 Å². The first kappa shape index (κ1) is 14.3. The molecule has 0 radical (unpaired) electrons. The van der Waals surface area contributed by atoms with Gasteiger partial charge in [0.15, 0.2) is 0 Å². The summed E-state index contributed by atoms with van der Waals surface area (Å²) in [6.45, 7) is 0. The van der Waals surface area contributed by atoms with E-state index in [1.54, 1.807) is 18.2 Å². The molecule has 0 atom stereocenters. The zero-order valence-electron chi connectivity index (χ0n) is 12.4. The van der Waals surface area contributed by atoms with Gasteiger partial charge in [-0.3, -0.25) is 0 Å². The van der Waals surface area contributed by atoms with Crippen molar-refractivity contribution in [3.63, 3.8) is 0 Å². The molecule has 3 nitrogen and oxygen atoms in total. The van der Waals surface area contributed by atoms with Crippen molar-refractivity contribution in [2.24, 2.45) is 5.73 Å². The van der Waals surface area contributed by atoms with E-state index in [0.29, 0.717) is 11.1 Å². The molecule has 0 aliphatic heterocycles. The number of amides is 1. The van der Waals surface area contributed by atoms with E-state index in [9.17, 15) is 9.59 Å². The fourth-order valence-electron chi connectivity index (χ4n) is 2.70. The van der Waals surface area contributed by atoms with E-state index >= 15 is 0 Å². The second kappa shape index (κ2) is 4.70. The van der Waals surface area contributed by atoms with E-state index < -0.39 is 24.3 Å². The zero-order valence-corrected chi connectivity index (χ0v) is 15.2. The summed E-state index contributed by atoms with van der Waals surface area (Å²) in [5, 5.41) is 0. The van der Waals surface area contributed by atoms with Crippen LogP contribution in [0.1, 0.15) is 26.3 Å². The van der Waals surface area contributed by atoms with Crippen molar-refractivity contribution in [2.75, 3.05) is 0 Å². The van der Waals surface area contributed by atoms with Crippen molar-refractivity contribution in [1.82, 2.24) is 0 Å². The van der Waals surface area contributed by atoms with Crippen LogP contribution < -0.4 is 9.31 Å². The summed E-state index contributed by atoms with van der Waals surface area (Å²) in [6, 6.07) is 11.2. The number of ketones is 1. The molecule has 1 amide bonds. The molecule has 21 heavy (non-hydrogen) atoms. The van der Waals surface area contributed by atoms with Gasteiger partial charge in [0.25, 0.3) is 0 Å². The van der Waals surface area contributed by atoms with E-state index in [2.05, 4.69) is 27.0 Å². The summed E-state index contributed by atoms with van der Waals surface area (Å²) in [4.78, 5) is 30.8. The van der Waals surface area contributed by atoms with E-state index in [4.69, 9.17) is 5.73 Å². The molecule has 0 fully saturated rings. The number of carbonyl (C=O) groups excluding carboxylic acids is 2. The Kier molecular flexibility index (Phi) is 3.20. The van der Waals surface area contributed by atoms with E-state index in [1.165, 1.54) is 3.58 Å². The maximum absolute atomic E-state index is 12.4. The third-order valence-corrected chi connectivity index (χ3v) is 9.80. The molecule has 0 unspecified atom stereocenters. The van der Waals surface area contributed by atoms with Crippen LogP contribution in [0.4, 0.5) is 0 Å². The average molecular weight is 386 g/mol. The summed E-state index contributed by atoms with van der Waals surface area (Å²) in [5.74, 6) is -0.434. The van der Waals surface area contributed by atoms with Crippen molar-refractivity contribution in [1.29, 1.82) is 0 Å². The number of carbonyl (C=O) groups is 2. The first-order valence-electron chi connectivity index (χ1n) is 6.92. The SMILES string of the molecule is [CH3][Sn]([CH3])([CH3])[c]1ccc2c(c1)-c1cc(C(N)=O)ccc1C2=O. The van der Waals surface area contributed by atoms with Crippen molar-refractivity contribution in [2.45, 2.75) is 14.8 Å². The van der Waals surface area contributed by atoms with Gasteiger partial charge >= 0.3 is 128 Å². The standard InChI is InChI=1S/C14H8NO2.3CH3.Sn/c15-14(17)8-5-6-11-12(7-8)9-3-1-2-4-10(9)13(11)16;;;;/h2-7H,(H2,15,17);3*1H3;. The Morgan fingerprint density at radius 3 is 2.05 bits per heavy atom. The van der Waals surface area contributed by atoms with Gasteiger partial charge in [-0.05, 0) is 0 Å². The van der Waals surface area contributed by atoms with Gasteiger partial charge < -0.3 is 0 Å². The fourth-order valence-corrected chi connectivity index (χ4v) is 6.01. The van der Waals surface area contributed by atoms with Gasteiger partial charge in [-0.15, -0.1) is 0 Å². The number of hydrogen-bond donors (Lipinski definition) is 1. The Morgan fingerprint density at radius 2 is 1.48 bits per heavy atom. The molecule has 0 spiro atoms. The summed E-state index contributed by atoms with van der Waals surface area (Å²) >= 11 is -2.21. The average Bonchev–Trinajstić information content (AvgIpc) is 2.70. The molecule has 0 aromatic heterocycles. The molecule has 4 heteroatoms. The van der Waals surface area contributed by atoms with Crippen molar-refractivity contribution in [3.8, 4) is 11.1 Å². The van der Waals surface area contributed by atoms with Crippen molar-refractivity contribution < 1.29 is 9.59 Å². The van der Waals surface area contributed by atoms with Crippen molar-refractivity contribution in [3.05, 3.63) is 53.1 Å². The second-order valence-corrected chi connectivity index (χ2v) is 21.0. The van der Waals surface area contributed by atoms with Gasteiger partial charge in [0, 0.05) is 0 Å². The van der Waals surface area contributed by atoms with E-state index in [1.807, 2.05) is 6.07 Å². The van der Waals surface area contributed by atoms with Gasteiger partial charge in [-0.2, -0.15) is 0 Å². The van der Waals surface area contributed by atoms with Crippen LogP contribution in [0.25, 0.3) is 11.1 Å². The Balaban J connectivity index is 2.25. The van der Waals surface area contributed by atoms with E-state index in [-0.39, 0.29) is 5.78 Å². The van der Waals surface area contributed by atoms with Crippen LogP contribution in [-0.2, 0) is 0 Å². The quantitative estimate of drug-likeness (QED) is 0.689. The molecular weight excluding hydrogens is 369 g/mol. The summed E-state index contributed by atoms with van der Waals surface area (Å²) < 4.78 is 1.37. The van der Waals surface area contributed by atoms with Gasteiger partial charge in [0.05, 0.1) is 0 Å². The summed E-state index contributed by atoms with van der Waals surface area (Å²) in [7, 11) is 0. The second-order valence-electron chi connectivity index (χ2n) is 6.46. The minimum absolute atomic E-state index is 0.0340. The molecule has 1 aliphatic carbocycles. The van der Waals surface area contributed by atoms with Crippen molar-refractivity contribution >= 4 is 33.6 Å². The van der Waals surface area contributed by atoms with E-state index in [0.717, 1.165) is 16.7 Å². The van der Waals surface area contributed by atoms with Gasteiger partial charge in [-0.25, -0.2) is 0 Å². The number of rotatable bonds is 2. The molecule has 2 aromatic rings. The molecule has 2 N–H and O–H groups in total. The Bertz CT molecular complexity index is 788. The zero-order chi connectivity index (χ0) is 15.4. The third kappa shape index (κ3) is 2.29. The monoisotopic (exact) mass is 387 g/mol. The van der Waals surface area contributed by atoms with Crippen LogP contribution in [0.5, 0.6) is 0 Å². The normalized spacial score (nSPS) is 13.0. The first-order valence-corrected chi connectivity index (χ1v) is 16.9. The predicted octanol–water partition coefficient (Wildman–Crippen LogP) is 2.54. The van der Waals surface area contributed by atoms with Crippen LogP contribution in [0.15, 0.2) is 36.4 Å². The summed E-state index contributed by atoms with van der Waals surface area (Å²) in [6.07, 6.45) is 0. The number of nitrogens with two attached hydrogens (primary N) is 1. The van der Waals surface area contributed by atoms with Crippen LogP contribution in [-0.4, -0.2) is 30.1 Å². The van der Waals surface area contributed by atoms with Gasteiger partial charge in [-0.1, -0.05) is 0 Å². The maximum atomic E-state index is 12.4. The van der Waals surface area contributed by atoms with Crippen LogP contribution in [0.2, 0.25) is 14.8 Å². The molecule has 2 aromatic carbocycles. The van der Waals surface area contributed by atoms with Crippen LogP contribution in [0.3, 0.4) is 0 Å².